The molecule has 1 fully saturated rings. The molecule has 2 unspecified atom stereocenters. The summed E-state index contributed by atoms with van der Waals surface area (Å²) in [4.78, 5) is 26.4. The Labute approximate surface area is 138 Å². The average molecular weight is 314 g/mol. The molecule has 0 radical (unpaired) electrons. The summed E-state index contributed by atoms with van der Waals surface area (Å²) in [6.45, 7) is 3.25. The highest BCUT2D eigenvalue weighted by Gasteiger charge is 2.30. The number of hydrogen-bond acceptors (Lipinski definition) is 2. The van der Waals surface area contributed by atoms with Crippen molar-refractivity contribution in [3.8, 4) is 0 Å². The van der Waals surface area contributed by atoms with E-state index in [2.05, 4.69) is 23.5 Å². The first-order valence-corrected chi connectivity index (χ1v) is 8.85. The van der Waals surface area contributed by atoms with E-state index in [0.29, 0.717) is 13.0 Å². The van der Waals surface area contributed by atoms with Crippen LogP contribution in [0, 0.1) is 5.92 Å². The Balaban J connectivity index is 1.64. The molecule has 0 aromatic heterocycles. The first-order valence-electron chi connectivity index (χ1n) is 8.85. The summed E-state index contributed by atoms with van der Waals surface area (Å²) in [5.74, 6) is 0.208. The van der Waals surface area contributed by atoms with Crippen molar-refractivity contribution in [2.24, 2.45) is 5.92 Å². The summed E-state index contributed by atoms with van der Waals surface area (Å²) in [7, 11) is 0. The summed E-state index contributed by atoms with van der Waals surface area (Å²) in [5.41, 5.74) is 2.62. The molecule has 2 amide bonds. The molecule has 2 atom stereocenters. The molecule has 1 N–H and O–H groups in total. The van der Waals surface area contributed by atoms with Gasteiger partial charge in [-0.15, -0.1) is 0 Å². The number of carbonyl (C=O) groups is 2. The minimum Gasteiger partial charge on any atom is -0.349 e. The Morgan fingerprint density at radius 2 is 2.04 bits per heavy atom. The maximum Gasteiger partial charge on any atom is 0.225 e. The number of likely N-dealkylation sites (tertiary alicyclic amines) is 1. The second kappa shape index (κ2) is 7.16. The fourth-order valence-corrected chi connectivity index (χ4v) is 3.83. The summed E-state index contributed by atoms with van der Waals surface area (Å²) >= 11 is 0. The standard InChI is InChI=1S/C19H26N2O2/c1-2-18(22)21-12-6-9-15(13-21)19(23)20-17-11-5-8-14-7-3-4-10-16(14)17/h3-4,7,10,15,17H,2,5-6,8-9,11-13H2,1H3,(H,20,23). The molecule has 124 valence electrons. The number of rotatable bonds is 3. The van der Waals surface area contributed by atoms with Crippen LogP contribution in [0.15, 0.2) is 24.3 Å². The van der Waals surface area contributed by atoms with Crippen LogP contribution in [-0.4, -0.2) is 29.8 Å². The molecule has 0 spiro atoms. The van der Waals surface area contributed by atoms with E-state index >= 15 is 0 Å². The number of fused-ring (bicyclic) bond motifs is 1. The van der Waals surface area contributed by atoms with Crippen LogP contribution in [-0.2, 0) is 16.0 Å². The topological polar surface area (TPSA) is 49.4 Å². The van der Waals surface area contributed by atoms with Gasteiger partial charge in [-0.05, 0) is 43.2 Å². The molecule has 0 bridgehead atoms. The van der Waals surface area contributed by atoms with E-state index in [0.717, 1.165) is 38.6 Å². The van der Waals surface area contributed by atoms with Crippen molar-refractivity contribution in [2.75, 3.05) is 13.1 Å². The number of amides is 2. The van der Waals surface area contributed by atoms with Gasteiger partial charge < -0.3 is 10.2 Å². The van der Waals surface area contributed by atoms with Gasteiger partial charge in [0.25, 0.3) is 0 Å². The van der Waals surface area contributed by atoms with Crippen molar-refractivity contribution < 1.29 is 9.59 Å². The smallest absolute Gasteiger partial charge is 0.225 e. The van der Waals surface area contributed by atoms with Crippen LogP contribution in [0.5, 0.6) is 0 Å². The van der Waals surface area contributed by atoms with E-state index in [1.54, 1.807) is 0 Å². The second-order valence-electron chi connectivity index (χ2n) is 6.68. The average Bonchev–Trinajstić information content (AvgIpc) is 2.61. The van der Waals surface area contributed by atoms with E-state index < -0.39 is 0 Å². The van der Waals surface area contributed by atoms with Crippen molar-refractivity contribution in [3.63, 3.8) is 0 Å². The highest BCUT2D eigenvalue weighted by Crippen LogP contribution is 2.30. The lowest BCUT2D eigenvalue weighted by atomic mass is 9.87. The Morgan fingerprint density at radius 3 is 2.87 bits per heavy atom. The Hall–Kier alpha value is -1.84. The van der Waals surface area contributed by atoms with Crippen LogP contribution in [0.3, 0.4) is 0 Å². The SMILES string of the molecule is CCC(=O)N1CCCC(C(=O)NC2CCCc3ccccc32)C1. The number of hydrogen-bond donors (Lipinski definition) is 1. The van der Waals surface area contributed by atoms with E-state index in [1.165, 1.54) is 11.1 Å². The molecule has 23 heavy (non-hydrogen) atoms. The third-order valence-corrected chi connectivity index (χ3v) is 5.13. The van der Waals surface area contributed by atoms with E-state index in [9.17, 15) is 9.59 Å². The molecule has 2 aliphatic rings. The van der Waals surface area contributed by atoms with Crippen molar-refractivity contribution in [3.05, 3.63) is 35.4 Å². The van der Waals surface area contributed by atoms with Gasteiger partial charge in [0.15, 0.2) is 0 Å². The molecule has 1 aliphatic carbocycles. The van der Waals surface area contributed by atoms with Gasteiger partial charge in [0.1, 0.15) is 0 Å². The number of piperidine rings is 1. The van der Waals surface area contributed by atoms with Gasteiger partial charge in [0.05, 0.1) is 12.0 Å². The van der Waals surface area contributed by atoms with Gasteiger partial charge in [-0.1, -0.05) is 31.2 Å². The van der Waals surface area contributed by atoms with Crippen molar-refractivity contribution in [1.29, 1.82) is 0 Å². The van der Waals surface area contributed by atoms with Crippen LogP contribution < -0.4 is 5.32 Å². The van der Waals surface area contributed by atoms with Crippen LogP contribution in [0.1, 0.15) is 56.2 Å². The summed E-state index contributed by atoms with van der Waals surface area (Å²) in [5, 5.41) is 3.25. The lowest BCUT2D eigenvalue weighted by Crippen LogP contribution is -2.46. The van der Waals surface area contributed by atoms with Crippen molar-refractivity contribution in [2.45, 2.75) is 51.5 Å². The quantitative estimate of drug-likeness (QED) is 0.932. The van der Waals surface area contributed by atoms with Gasteiger partial charge in [0.2, 0.25) is 11.8 Å². The van der Waals surface area contributed by atoms with Gasteiger partial charge in [0, 0.05) is 19.5 Å². The predicted octanol–water partition coefficient (Wildman–Crippen LogP) is 2.83. The summed E-state index contributed by atoms with van der Waals surface area (Å²) < 4.78 is 0. The molecule has 1 aliphatic heterocycles. The number of aryl methyl sites for hydroxylation is 1. The van der Waals surface area contributed by atoms with Crippen LogP contribution in [0.25, 0.3) is 0 Å². The zero-order chi connectivity index (χ0) is 16.2. The lowest BCUT2D eigenvalue weighted by Gasteiger charge is -2.34. The summed E-state index contributed by atoms with van der Waals surface area (Å²) in [6, 6.07) is 8.54. The minimum atomic E-state index is -0.0617. The van der Waals surface area contributed by atoms with Crippen molar-refractivity contribution >= 4 is 11.8 Å². The third-order valence-electron chi connectivity index (χ3n) is 5.13. The largest absolute Gasteiger partial charge is 0.349 e. The zero-order valence-electron chi connectivity index (χ0n) is 13.9. The molecule has 1 heterocycles. The highest BCUT2D eigenvalue weighted by atomic mass is 16.2. The highest BCUT2D eigenvalue weighted by molar-refractivity contribution is 5.81. The zero-order valence-corrected chi connectivity index (χ0v) is 13.9. The van der Waals surface area contributed by atoms with Crippen LogP contribution >= 0.6 is 0 Å². The first-order chi connectivity index (χ1) is 11.2. The fraction of sp³-hybridized carbons (Fsp3) is 0.579. The van der Waals surface area contributed by atoms with Gasteiger partial charge >= 0.3 is 0 Å². The monoisotopic (exact) mass is 314 g/mol. The molecule has 1 aromatic carbocycles. The molecule has 1 saturated heterocycles. The number of benzene rings is 1. The predicted molar refractivity (Wildman–Crippen MR) is 89.9 cm³/mol. The summed E-state index contributed by atoms with van der Waals surface area (Å²) in [6.07, 6.45) is 5.55. The van der Waals surface area contributed by atoms with Gasteiger partial charge in [-0.2, -0.15) is 0 Å². The normalized spacial score (nSPS) is 24.0. The number of nitrogens with zero attached hydrogens (tertiary/aromatic N) is 1. The van der Waals surface area contributed by atoms with Gasteiger partial charge in [-0.25, -0.2) is 0 Å². The Kier molecular flexibility index (Phi) is 4.99. The molecule has 4 nitrogen and oxygen atoms in total. The molecule has 4 heteroatoms. The molecular formula is C19H26N2O2. The number of carbonyl (C=O) groups excluding carboxylic acids is 2. The fourth-order valence-electron chi connectivity index (χ4n) is 3.83. The van der Waals surface area contributed by atoms with Crippen LogP contribution in [0.4, 0.5) is 0 Å². The maximum absolute atomic E-state index is 12.7. The maximum atomic E-state index is 12.7. The molecule has 1 aromatic rings. The minimum absolute atomic E-state index is 0.0617. The second-order valence-corrected chi connectivity index (χ2v) is 6.68. The van der Waals surface area contributed by atoms with E-state index in [4.69, 9.17) is 0 Å². The molecular weight excluding hydrogens is 288 g/mol. The first kappa shape index (κ1) is 16.0. The van der Waals surface area contributed by atoms with Crippen molar-refractivity contribution in [1.82, 2.24) is 10.2 Å². The Morgan fingerprint density at radius 1 is 1.22 bits per heavy atom. The Bertz CT molecular complexity index is 584. The number of nitrogens with one attached hydrogen (secondary N) is 1. The van der Waals surface area contributed by atoms with E-state index in [-0.39, 0.29) is 23.8 Å². The third kappa shape index (κ3) is 3.57. The van der Waals surface area contributed by atoms with E-state index in [1.807, 2.05) is 17.9 Å². The van der Waals surface area contributed by atoms with Crippen LogP contribution in [0.2, 0.25) is 0 Å². The molecule has 3 rings (SSSR count). The van der Waals surface area contributed by atoms with Gasteiger partial charge in [-0.3, -0.25) is 9.59 Å². The molecule has 0 saturated carbocycles. The lowest BCUT2D eigenvalue weighted by molar-refractivity contribution is -0.135.